The quantitative estimate of drug-likeness (QED) is 0.642. The number of rotatable bonds is 4. The fraction of sp³-hybridized carbons (Fsp3) is 0.312. The third-order valence-electron chi connectivity index (χ3n) is 3.39. The molecule has 5 nitrogen and oxygen atoms in total. The minimum atomic E-state index is -0.539. The van der Waals surface area contributed by atoms with Gasteiger partial charge in [-0.25, -0.2) is 9.78 Å². The molecule has 0 aliphatic carbocycles. The predicted molar refractivity (Wildman–Crippen MR) is 84.9 cm³/mol. The van der Waals surface area contributed by atoms with Crippen LogP contribution in [0.1, 0.15) is 24.2 Å². The zero-order chi connectivity index (χ0) is 16.3. The molecule has 0 atom stereocenters. The highest BCUT2D eigenvalue weighted by molar-refractivity contribution is 6.29. The van der Waals surface area contributed by atoms with E-state index in [4.69, 9.17) is 16.3 Å². The number of fused-ring (bicyclic) bond motifs is 1. The molecular formula is C16H17ClN2O3. The molecule has 1 aromatic carbocycles. The van der Waals surface area contributed by atoms with Crippen molar-refractivity contribution in [1.82, 2.24) is 9.88 Å². The molecule has 0 spiro atoms. The van der Waals surface area contributed by atoms with E-state index in [1.54, 1.807) is 37.4 Å². The molecule has 1 amide bonds. The number of pyridine rings is 1. The lowest BCUT2D eigenvalue weighted by atomic mass is 10.1. The summed E-state index contributed by atoms with van der Waals surface area (Å²) in [5, 5.41) is 1.18. The Hall–Kier alpha value is -2.14. The first-order chi connectivity index (χ1) is 10.4. The van der Waals surface area contributed by atoms with Gasteiger partial charge in [-0.2, -0.15) is 0 Å². The third kappa shape index (κ3) is 3.74. The maximum atomic E-state index is 12.0. The molecule has 0 saturated heterocycles. The van der Waals surface area contributed by atoms with Gasteiger partial charge in [-0.05, 0) is 44.2 Å². The van der Waals surface area contributed by atoms with Gasteiger partial charge in [-0.15, -0.1) is 0 Å². The Bertz CT molecular complexity index is 716. The molecule has 0 bridgehead atoms. The van der Waals surface area contributed by atoms with Crippen molar-refractivity contribution in [3.63, 3.8) is 0 Å². The number of carbonyl (C=O) groups excluding carboxylic acids is 2. The molecule has 6 heteroatoms. The normalized spacial score (nSPS) is 10.8. The number of esters is 1. The van der Waals surface area contributed by atoms with Crippen LogP contribution >= 0.6 is 11.6 Å². The summed E-state index contributed by atoms with van der Waals surface area (Å²) < 4.78 is 5.06. The Morgan fingerprint density at radius 2 is 2.00 bits per heavy atom. The molecule has 0 aliphatic rings. The number of aromatic nitrogens is 1. The number of benzene rings is 1. The number of amides is 1. The van der Waals surface area contributed by atoms with Crippen LogP contribution in [0, 0.1) is 0 Å². The Morgan fingerprint density at radius 3 is 2.68 bits per heavy atom. The fourth-order valence-corrected chi connectivity index (χ4v) is 1.98. The van der Waals surface area contributed by atoms with E-state index in [0.717, 1.165) is 5.39 Å². The second kappa shape index (κ2) is 6.75. The maximum absolute atomic E-state index is 12.0. The van der Waals surface area contributed by atoms with Gasteiger partial charge in [0.25, 0.3) is 5.91 Å². The zero-order valence-corrected chi connectivity index (χ0v) is 13.4. The van der Waals surface area contributed by atoms with E-state index < -0.39 is 5.97 Å². The van der Waals surface area contributed by atoms with Crippen LogP contribution in [-0.4, -0.2) is 41.5 Å². The SMILES string of the molecule is CC(C)N(C)C(=O)COC(=O)c1ccc2nc(Cl)ccc2c1. The van der Waals surface area contributed by atoms with Crippen molar-refractivity contribution in [2.45, 2.75) is 19.9 Å². The first kappa shape index (κ1) is 16.2. The number of likely N-dealkylation sites (N-methyl/N-ethyl adjacent to an activating group) is 1. The smallest absolute Gasteiger partial charge is 0.338 e. The van der Waals surface area contributed by atoms with Crippen LogP contribution in [0.5, 0.6) is 0 Å². The van der Waals surface area contributed by atoms with E-state index in [0.29, 0.717) is 16.2 Å². The van der Waals surface area contributed by atoms with Crippen molar-refractivity contribution in [3.05, 3.63) is 41.0 Å². The lowest BCUT2D eigenvalue weighted by Crippen LogP contribution is -2.36. The number of halogens is 1. The maximum Gasteiger partial charge on any atom is 0.338 e. The molecule has 0 unspecified atom stereocenters. The summed E-state index contributed by atoms with van der Waals surface area (Å²) >= 11 is 5.82. The second-order valence-corrected chi connectivity index (χ2v) is 5.60. The van der Waals surface area contributed by atoms with Gasteiger partial charge in [0.05, 0.1) is 11.1 Å². The molecule has 1 aromatic heterocycles. The van der Waals surface area contributed by atoms with E-state index in [1.165, 1.54) is 4.90 Å². The summed E-state index contributed by atoms with van der Waals surface area (Å²) in [6, 6.07) is 8.45. The molecule has 0 saturated carbocycles. The van der Waals surface area contributed by atoms with Gasteiger partial charge < -0.3 is 9.64 Å². The second-order valence-electron chi connectivity index (χ2n) is 5.22. The van der Waals surface area contributed by atoms with Crippen molar-refractivity contribution >= 4 is 34.4 Å². The van der Waals surface area contributed by atoms with Crippen LogP contribution in [0.2, 0.25) is 5.15 Å². The van der Waals surface area contributed by atoms with Crippen LogP contribution in [0.3, 0.4) is 0 Å². The fourth-order valence-electron chi connectivity index (χ4n) is 1.83. The number of nitrogens with zero attached hydrogens (tertiary/aromatic N) is 2. The minimum absolute atomic E-state index is 0.0580. The van der Waals surface area contributed by atoms with E-state index in [-0.39, 0.29) is 18.6 Å². The van der Waals surface area contributed by atoms with Gasteiger partial charge in [0.15, 0.2) is 6.61 Å². The molecule has 1 heterocycles. The summed E-state index contributed by atoms with van der Waals surface area (Å²) in [6.07, 6.45) is 0. The van der Waals surface area contributed by atoms with Gasteiger partial charge >= 0.3 is 5.97 Å². The summed E-state index contributed by atoms with van der Waals surface area (Å²) in [6.45, 7) is 3.51. The summed E-state index contributed by atoms with van der Waals surface area (Å²) in [7, 11) is 1.67. The van der Waals surface area contributed by atoms with Gasteiger partial charge in [0.2, 0.25) is 0 Å². The van der Waals surface area contributed by atoms with Crippen molar-refractivity contribution in [3.8, 4) is 0 Å². The van der Waals surface area contributed by atoms with E-state index >= 15 is 0 Å². The first-order valence-electron chi connectivity index (χ1n) is 6.87. The highest BCUT2D eigenvalue weighted by Crippen LogP contribution is 2.17. The highest BCUT2D eigenvalue weighted by Gasteiger charge is 2.15. The van der Waals surface area contributed by atoms with Gasteiger partial charge in [0.1, 0.15) is 5.15 Å². The van der Waals surface area contributed by atoms with Crippen LogP contribution in [-0.2, 0) is 9.53 Å². The lowest BCUT2D eigenvalue weighted by Gasteiger charge is -2.21. The Kier molecular flexibility index (Phi) is 4.98. The molecule has 2 rings (SSSR count). The Morgan fingerprint density at radius 1 is 1.27 bits per heavy atom. The largest absolute Gasteiger partial charge is 0.452 e. The van der Waals surface area contributed by atoms with Crippen molar-refractivity contribution in [1.29, 1.82) is 0 Å². The first-order valence-corrected chi connectivity index (χ1v) is 7.25. The molecule has 22 heavy (non-hydrogen) atoms. The number of hydrogen-bond donors (Lipinski definition) is 0. The summed E-state index contributed by atoms with van der Waals surface area (Å²) in [5.41, 5.74) is 1.07. The number of hydrogen-bond acceptors (Lipinski definition) is 4. The van der Waals surface area contributed by atoms with E-state index in [2.05, 4.69) is 4.98 Å². The number of carbonyl (C=O) groups is 2. The van der Waals surface area contributed by atoms with Gasteiger partial charge in [-0.1, -0.05) is 11.6 Å². The summed E-state index contributed by atoms with van der Waals surface area (Å²) in [5.74, 6) is -0.778. The molecule has 0 aliphatic heterocycles. The van der Waals surface area contributed by atoms with Crippen LogP contribution in [0.25, 0.3) is 10.9 Å². The van der Waals surface area contributed by atoms with Crippen molar-refractivity contribution in [2.24, 2.45) is 0 Å². The summed E-state index contributed by atoms with van der Waals surface area (Å²) in [4.78, 5) is 29.5. The van der Waals surface area contributed by atoms with E-state index in [9.17, 15) is 9.59 Å². The Balaban J connectivity index is 2.07. The topological polar surface area (TPSA) is 59.5 Å². The molecule has 0 radical (unpaired) electrons. The third-order valence-corrected chi connectivity index (χ3v) is 3.60. The minimum Gasteiger partial charge on any atom is -0.452 e. The molecule has 0 N–H and O–H groups in total. The van der Waals surface area contributed by atoms with Crippen LogP contribution < -0.4 is 0 Å². The highest BCUT2D eigenvalue weighted by atomic mass is 35.5. The average molecular weight is 321 g/mol. The number of ether oxygens (including phenoxy) is 1. The lowest BCUT2D eigenvalue weighted by molar-refractivity contribution is -0.134. The van der Waals surface area contributed by atoms with Gasteiger partial charge in [0, 0.05) is 18.5 Å². The predicted octanol–water partition coefficient (Wildman–Crippen LogP) is 2.91. The molecule has 2 aromatic rings. The van der Waals surface area contributed by atoms with Crippen LogP contribution in [0.15, 0.2) is 30.3 Å². The molecular weight excluding hydrogens is 304 g/mol. The average Bonchev–Trinajstić information content (AvgIpc) is 2.50. The van der Waals surface area contributed by atoms with Crippen molar-refractivity contribution in [2.75, 3.05) is 13.7 Å². The monoisotopic (exact) mass is 320 g/mol. The molecule has 0 fully saturated rings. The Labute approximate surface area is 133 Å². The van der Waals surface area contributed by atoms with Crippen molar-refractivity contribution < 1.29 is 14.3 Å². The zero-order valence-electron chi connectivity index (χ0n) is 12.7. The standard InChI is InChI=1S/C16H17ClN2O3/c1-10(2)19(3)15(20)9-22-16(21)12-4-6-13-11(8-12)5-7-14(17)18-13/h4-8,10H,9H2,1-3H3. The molecule has 116 valence electrons. The van der Waals surface area contributed by atoms with Gasteiger partial charge in [-0.3, -0.25) is 4.79 Å². The van der Waals surface area contributed by atoms with Crippen LogP contribution in [0.4, 0.5) is 0 Å². The van der Waals surface area contributed by atoms with E-state index in [1.807, 2.05) is 13.8 Å².